The van der Waals surface area contributed by atoms with Crippen molar-refractivity contribution in [3.05, 3.63) is 17.0 Å². The van der Waals surface area contributed by atoms with Crippen LogP contribution in [0.3, 0.4) is 0 Å². The molecule has 1 aromatic heterocycles. The van der Waals surface area contributed by atoms with Gasteiger partial charge in [-0.05, 0) is 26.2 Å². The molecule has 2 unspecified atom stereocenters. The highest BCUT2D eigenvalue weighted by Gasteiger charge is 2.29. The number of aryl methyl sites for hydroxylation is 2. The van der Waals surface area contributed by atoms with E-state index < -0.39 is 0 Å². The maximum atomic E-state index is 12.2. The molecule has 1 heterocycles. The minimum Gasteiger partial charge on any atom is -0.396 e. The van der Waals surface area contributed by atoms with E-state index in [1.807, 2.05) is 6.92 Å². The predicted molar refractivity (Wildman–Crippen MR) is 66.3 cm³/mol. The molecule has 2 rings (SSSR count). The Kier molecular flexibility index (Phi) is 4.01. The van der Waals surface area contributed by atoms with Crippen LogP contribution in [0.25, 0.3) is 0 Å². The van der Waals surface area contributed by atoms with Crippen molar-refractivity contribution in [1.82, 2.24) is 10.5 Å². The summed E-state index contributed by atoms with van der Waals surface area (Å²) < 4.78 is 5.07. The summed E-state index contributed by atoms with van der Waals surface area (Å²) in [6.07, 6.45) is 3.64. The van der Waals surface area contributed by atoms with Crippen molar-refractivity contribution in [3.63, 3.8) is 0 Å². The summed E-state index contributed by atoms with van der Waals surface area (Å²) in [6.45, 7) is 3.83. The smallest absolute Gasteiger partial charge is 0.257 e. The van der Waals surface area contributed by atoms with Crippen LogP contribution in [0, 0.1) is 12.8 Å². The molecule has 0 aliphatic heterocycles. The second kappa shape index (κ2) is 5.52. The first-order valence-electron chi connectivity index (χ1n) is 6.54. The van der Waals surface area contributed by atoms with Crippen LogP contribution in [0.1, 0.15) is 48.0 Å². The Morgan fingerprint density at radius 2 is 2.33 bits per heavy atom. The van der Waals surface area contributed by atoms with Crippen LogP contribution in [-0.2, 0) is 6.42 Å². The highest BCUT2D eigenvalue weighted by molar-refractivity contribution is 5.96. The topological polar surface area (TPSA) is 75.4 Å². The number of amides is 1. The summed E-state index contributed by atoms with van der Waals surface area (Å²) in [5, 5.41) is 16.1. The summed E-state index contributed by atoms with van der Waals surface area (Å²) in [5.74, 6) is 0.609. The van der Waals surface area contributed by atoms with Crippen molar-refractivity contribution in [2.45, 2.75) is 45.6 Å². The first-order valence-corrected chi connectivity index (χ1v) is 6.54. The second-order valence-corrected chi connectivity index (χ2v) is 4.87. The van der Waals surface area contributed by atoms with Gasteiger partial charge in [0.1, 0.15) is 11.3 Å². The zero-order valence-corrected chi connectivity index (χ0v) is 10.9. The molecule has 2 atom stereocenters. The van der Waals surface area contributed by atoms with Gasteiger partial charge in [0, 0.05) is 18.6 Å². The van der Waals surface area contributed by atoms with E-state index in [-0.39, 0.29) is 24.5 Å². The van der Waals surface area contributed by atoms with Crippen molar-refractivity contribution in [3.8, 4) is 0 Å². The average Bonchev–Trinajstić information content (AvgIpc) is 2.95. The van der Waals surface area contributed by atoms with E-state index in [2.05, 4.69) is 10.5 Å². The maximum absolute atomic E-state index is 12.2. The number of aliphatic hydroxyl groups is 1. The van der Waals surface area contributed by atoms with Gasteiger partial charge < -0.3 is 14.9 Å². The Bertz CT molecular complexity index is 428. The largest absolute Gasteiger partial charge is 0.396 e. The number of aliphatic hydroxyl groups excluding tert-OH is 1. The van der Waals surface area contributed by atoms with Crippen molar-refractivity contribution in [2.24, 2.45) is 5.92 Å². The number of carbonyl (C=O) groups excluding carboxylic acids is 1. The standard InChI is InChI=1S/C13H20N2O3/c1-3-10-12(8(2)18-15-10)13(17)14-11-6-4-5-9(11)7-16/h9,11,16H,3-7H2,1-2H3,(H,14,17). The van der Waals surface area contributed by atoms with Crippen LogP contribution >= 0.6 is 0 Å². The highest BCUT2D eigenvalue weighted by Crippen LogP contribution is 2.26. The lowest BCUT2D eigenvalue weighted by Gasteiger charge is -2.18. The molecule has 0 radical (unpaired) electrons. The van der Waals surface area contributed by atoms with Gasteiger partial charge >= 0.3 is 0 Å². The van der Waals surface area contributed by atoms with Crippen LogP contribution in [0.15, 0.2) is 4.52 Å². The molecule has 5 heteroatoms. The van der Waals surface area contributed by atoms with E-state index in [4.69, 9.17) is 4.52 Å². The van der Waals surface area contributed by atoms with E-state index in [0.29, 0.717) is 23.4 Å². The van der Waals surface area contributed by atoms with Crippen molar-refractivity contribution >= 4 is 5.91 Å². The summed E-state index contributed by atoms with van der Waals surface area (Å²) in [7, 11) is 0. The number of carbonyl (C=O) groups is 1. The third kappa shape index (κ3) is 2.41. The fourth-order valence-corrected chi connectivity index (χ4v) is 2.64. The molecule has 0 saturated heterocycles. The van der Waals surface area contributed by atoms with Crippen LogP contribution in [0.2, 0.25) is 0 Å². The van der Waals surface area contributed by atoms with E-state index >= 15 is 0 Å². The van der Waals surface area contributed by atoms with Gasteiger partial charge in [0.2, 0.25) is 0 Å². The second-order valence-electron chi connectivity index (χ2n) is 4.87. The predicted octanol–water partition coefficient (Wildman–Crippen LogP) is 1.44. The Balaban J connectivity index is 2.09. The van der Waals surface area contributed by atoms with Crippen LogP contribution in [-0.4, -0.2) is 28.8 Å². The zero-order valence-electron chi connectivity index (χ0n) is 10.9. The first-order chi connectivity index (χ1) is 8.67. The van der Waals surface area contributed by atoms with Gasteiger partial charge in [-0.15, -0.1) is 0 Å². The van der Waals surface area contributed by atoms with Crippen LogP contribution in [0.4, 0.5) is 0 Å². The van der Waals surface area contributed by atoms with Gasteiger partial charge in [-0.1, -0.05) is 18.5 Å². The summed E-state index contributed by atoms with van der Waals surface area (Å²) >= 11 is 0. The number of rotatable bonds is 4. The fourth-order valence-electron chi connectivity index (χ4n) is 2.64. The molecule has 1 saturated carbocycles. The minimum absolute atomic E-state index is 0.0708. The molecule has 100 valence electrons. The summed E-state index contributed by atoms with van der Waals surface area (Å²) in [5.41, 5.74) is 1.25. The van der Waals surface area contributed by atoms with Gasteiger partial charge in [-0.3, -0.25) is 4.79 Å². The number of hydrogen-bond acceptors (Lipinski definition) is 4. The molecular formula is C13H20N2O3. The SMILES string of the molecule is CCc1noc(C)c1C(=O)NC1CCCC1CO. The first kappa shape index (κ1) is 13.1. The van der Waals surface area contributed by atoms with E-state index in [0.717, 1.165) is 19.3 Å². The molecule has 0 bridgehead atoms. The molecule has 2 N–H and O–H groups in total. The zero-order chi connectivity index (χ0) is 13.1. The summed E-state index contributed by atoms with van der Waals surface area (Å²) in [4.78, 5) is 12.2. The van der Waals surface area contributed by atoms with Crippen molar-refractivity contribution in [2.75, 3.05) is 6.61 Å². The van der Waals surface area contributed by atoms with Crippen LogP contribution < -0.4 is 5.32 Å². The minimum atomic E-state index is -0.129. The van der Waals surface area contributed by atoms with Gasteiger partial charge in [-0.2, -0.15) is 0 Å². The van der Waals surface area contributed by atoms with Gasteiger partial charge in [-0.25, -0.2) is 0 Å². The van der Waals surface area contributed by atoms with E-state index in [1.54, 1.807) is 6.92 Å². The van der Waals surface area contributed by atoms with Gasteiger partial charge in [0.25, 0.3) is 5.91 Å². The van der Waals surface area contributed by atoms with Gasteiger partial charge in [0.05, 0.1) is 5.69 Å². The monoisotopic (exact) mass is 252 g/mol. The Labute approximate surface area is 107 Å². The average molecular weight is 252 g/mol. The van der Waals surface area contributed by atoms with E-state index in [1.165, 1.54) is 0 Å². The molecule has 1 aliphatic carbocycles. The lowest BCUT2D eigenvalue weighted by Crippen LogP contribution is -2.39. The molecule has 0 spiro atoms. The fraction of sp³-hybridized carbons (Fsp3) is 0.692. The molecule has 0 aromatic carbocycles. The van der Waals surface area contributed by atoms with Crippen molar-refractivity contribution < 1.29 is 14.4 Å². The number of hydrogen-bond donors (Lipinski definition) is 2. The van der Waals surface area contributed by atoms with Gasteiger partial charge in [0.15, 0.2) is 0 Å². The lowest BCUT2D eigenvalue weighted by molar-refractivity contribution is 0.0913. The third-order valence-electron chi connectivity index (χ3n) is 3.71. The molecule has 18 heavy (non-hydrogen) atoms. The van der Waals surface area contributed by atoms with Crippen LogP contribution in [0.5, 0.6) is 0 Å². The van der Waals surface area contributed by atoms with Crippen molar-refractivity contribution in [1.29, 1.82) is 0 Å². The Morgan fingerprint density at radius 1 is 1.56 bits per heavy atom. The number of aromatic nitrogens is 1. The number of nitrogens with zero attached hydrogens (tertiary/aromatic N) is 1. The number of nitrogens with one attached hydrogen (secondary N) is 1. The Morgan fingerprint density at radius 3 is 3.00 bits per heavy atom. The van der Waals surface area contributed by atoms with E-state index in [9.17, 15) is 9.90 Å². The highest BCUT2D eigenvalue weighted by atomic mass is 16.5. The molecular weight excluding hydrogens is 232 g/mol. The lowest BCUT2D eigenvalue weighted by atomic mass is 10.0. The third-order valence-corrected chi connectivity index (χ3v) is 3.71. The molecule has 1 fully saturated rings. The molecule has 5 nitrogen and oxygen atoms in total. The Hall–Kier alpha value is -1.36. The maximum Gasteiger partial charge on any atom is 0.257 e. The molecule has 1 amide bonds. The molecule has 1 aliphatic rings. The normalized spacial score (nSPS) is 23.3. The quantitative estimate of drug-likeness (QED) is 0.850. The summed E-state index contributed by atoms with van der Waals surface area (Å²) in [6, 6.07) is 0.0708. The molecule has 1 aromatic rings.